The van der Waals surface area contributed by atoms with E-state index in [4.69, 9.17) is 5.73 Å². The molecule has 3 aromatic heterocycles. The highest BCUT2D eigenvalue weighted by Crippen LogP contribution is 2.32. The highest BCUT2D eigenvalue weighted by molar-refractivity contribution is 7.17. The van der Waals surface area contributed by atoms with Gasteiger partial charge in [-0.3, -0.25) is 14.9 Å². The molecular formula is C18H15N7O3S. The largest absolute Gasteiger partial charge is 0.367 e. The molecule has 2 aliphatic rings. The van der Waals surface area contributed by atoms with Crippen LogP contribution in [0.15, 0.2) is 30.1 Å². The first-order valence-electron chi connectivity index (χ1n) is 8.87. The minimum absolute atomic E-state index is 0.126. The van der Waals surface area contributed by atoms with Gasteiger partial charge in [-0.05, 0) is 31.1 Å². The number of thiophene rings is 1. The third kappa shape index (κ3) is 3.21. The average molecular weight is 409 g/mol. The summed E-state index contributed by atoms with van der Waals surface area (Å²) in [6.45, 7) is 0. The van der Waals surface area contributed by atoms with Crippen molar-refractivity contribution in [2.45, 2.75) is 18.9 Å². The normalized spacial score (nSPS) is 17.6. The fourth-order valence-electron chi connectivity index (χ4n) is 2.99. The van der Waals surface area contributed by atoms with E-state index >= 15 is 0 Å². The molecule has 0 radical (unpaired) electrons. The van der Waals surface area contributed by atoms with Crippen LogP contribution in [-0.4, -0.2) is 38.5 Å². The van der Waals surface area contributed by atoms with Crippen LogP contribution in [0.25, 0.3) is 22.3 Å². The van der Waals surface area contributed by atoms with E-state index < -0.39 is 17.8 Å². The summed E-state index contributed by atoms with van der Waals surface area (Å²) in [6, 6.07) is 5.14. The van der Waals surface area contributed by atoms with Gasteiger partial charge in [-0.15, -0.1) is 11.3 Å². The Balaban J connectivity index is 1.64. The van der Waals surface area contributed by atoms with Gasteiger partial charge in [-0.2, -0.15) is 9.61 Å². The van der Waals surface area contributed by atoms with Gasteiger partial charge >= 0.3 is 6.03 Å². The summed E-state index contributed by atoms with van der Waals surface area (Å²) in [7, 11) is 0. The Hall–Kier alpha value is -3.73. The SMILES string of the molecule is NC(=O)c1ccc(-c2cc(NC3CC3)n3ncc(/C=C4\NC(=O)NC4=O)c3n2)s1. The summed E-state index contributed by atoms with van der Waals surface area (Å²) in [6.07, 6.45) is 5.27. The quantitative estimate of drug-likeness (QED) is 0.369. The number of hydrogen-bond donors (Lipinski definition) is 4. The molecule has 2 fully saturated rings. The maximum absolute atomic E-state index is 11.9. The number of imide groups is 1. The molecule has 3 aromatic rings. The van der Waals surface area contributed by atoms with E-state index in [1.54, 1.807) is 22.8 Å². The van der Waals surface area contributed by atoms with Crippen LogP contribution in [0.3, 0.4) is 0 Å². The Morgan fingerprint density at radius 3 is 2.79 bits per heavy atom. The number of primary amides is 1. The Morgan fingerprint density at radius 2 is 2.14 bits per heavy atom. The van der Waals surface area contributed by atoms with Gasteiger partial charge in [0, 0.05) is 17.7 Å². The second kappa shape index (κ2) is 6.41. The monoisotopic (exact) mass is 409 g/mol. The van der Waals surface area contributed by atoms with Crippen LogP contribution in [0.5, 0.6) is 0 Å². The topological polar surface area (TPSA) is 144 Å². The number of nitrogens with one attached hydrogen (secondary N) is 3. The third-order valence-corrected chi connectivity index (χ3v) is 5.67. The van der Waals surface area contributed by atoms with Gasteiger partial charge in [-0.25, -0.2) is 9.78 Å². The summed E-state index contributed by atoms with van der Waals surface area (Å²) in [4.78, 5) is 40.6. The number of urea groups is 1. The van der Waals surface area contributed by atoms with Crippen molar-refractivity contribution >= 4 is 46.7 Å². The molecule has 1 saturated heterocycles. The van der Waals surface area contributed by atoms with Crippen LogP contribution in [0.1, 0.15) is 28.1 Å². The zero-order chi connectivity index (χ0) is 20.1. The molecule has 0 unspecified atom stereocenters. The molecule has 0 bridgehead atoms. The molecule has 11 heteroatoms. The van der Waals surface area contributed by atoms with Crippen molar-refractivity contribution in [1.29, 1.82) is 0 Å². The van der Waals surface area contributed by atoms with Gasteiger partial charge in [0.1, 0.15) is 11.5 Å². The van der Waals surface area contributed by atoms with Crippen LogP contribution in [-0.2, 0) is 4.79 Å². The molecule has 146 valence electrons. The minimum atomic E-state index is -0.569. The van der Waals surface area contributed by atoms with Gasteiger partial charge in [-0.1, -0.05) is 0 Å². The molecule has 4 heterocycles. The van der Waals surface area contributed by atoms with Gasteiger partial charge in [0.05, 0.1) is 21.6 Å². The third-order valence-electron chi connectivity index (χ3n) is 4.55. The summed E-state index contributed by atoms with van der Waals surface area (Å²) in [5, 5.41) is 12.4. The van der Waals surface area contributed by atoms with E-state index in [9.17, 15) is 14.4 Å². The Bertz CT molecular complexity index is 1220. The molecule has 5 rings (SSSR count). The molecule has 29 heavy (non-hydrogen) atoms. The summed E-state index contributed by atoms with van der Waals surface area (Å²) in [5.74, 6) is -0.242. The highest BCUT2D eigenvalue weighted by atomic mass is 32.1. The van der Waals surface area contributed by atoms with Gasteiger partial charge in [0.25, 0.3) is 11.8 Å². The van der Waals surface area contributed by atoms with Crippen molar-refractivity contribution in [1.82, 2.24) is 25.2 Å². The van der Waals surface area contributed by atoms with Gasteiger partial charge in [0.15, 0.2) is 5.65 Å². The van der Waals surface area contributed by atoms with E-state index in [1.165, 1.54) is 17.4 Å². The van der Waals surface area contributed by atoms with Gasteiger partial charge < -0.3 is 16.4 Å². The van der Waals surface area contributed by atoms with Crippen molar-refractivity contribution < 1.29 is 14.4 Å². The number of carbonyl (C=O) groups excluding carboxylic acids is 3. The Kier molecular flexibility index (Phi) is 3.84. The molecule has 1 aliphatic heterocycles. The molecular weight excluding hydrogens is 394 g/mol. The van der Waals surface area contributed by atoms with Crippen molar-refractivity contribution in [2.24, 2.45) is 5.73 Å². The van der Waals surface area contributed by atoms with Crippen LogP contribution < -0.4 is 21.7 Å². The summed E-state index contributed by atoms with van der Waals surface area (Å²) >= 11 is 1.26. The Labute approximate surface area is 167 Å². The lowest BCUT2D eigenvalue weighted by atomic mass is 10.2. The lowest BCUT2D eigenvalue weighted by Gasteiger charge is -2.09. The fraction of sp³-hybridized carbons (Fsp3) is 0.167. The number of rotatable bonds is 5. The molecule has 0 atom stereocenters. The summed E-state index contributed by atoms with van der Waals surface area (Å²) < 4.78 is 1.66. The molecule has 4 amide bonds. The van der Waals surface area contributed by atoms with E-state index in [-0.39, 0.29) is 5.70 Å². The number of anilines is 1. The average Bonchev–Trinajstić information content (AvgIpc) is 3.08. The predicted molar refractivity (Wildman–Crippen MR) is 106 cm³/mol. The van der Waals surface area contributed by atoms with Crippen LogP contribution in [0.2, 0.25) is 0 Å². The van der Waals surface area contributed by atoms with Crippen LogP contribution in [0, 0.1) is 0 Å². The van der Waals surface area contributed by atoms with Crippen molar-refractivity contribution in [3.8, 4) is 10.6 Å². The molecule has 5 N–H and O–H groups in total. The Morgan fingerprint density at radius 1 is 1.31 bits per heavy atom. The minimum Gasteiger partial charge on any atom is -0.367 e. The van der Waals surface area contributed by atoms with Crippen molar-refractivity contribution in [3.05, 3.63) is 40.5 Å². The second-order valence-electron chi connectivity index (χ2n) is 6.77. The van der Waals surface area contributed by atoms with E-state index in [2.05, 4.69) is 26.0 Å². The number of aromatic nitrogens is 3. The maximum Gasteiger partial charge on any atom is 0.326 e. The van der Waals surface area contributed by atoms with E-state index in [0.717, 1.165) is 23.5 Å². The highest BCUT2D eigenvalue weighted by Gasteiger charge is 2.25. The van der Waals surface area contributed by atoms with Gasteiger partial charge in [0.2, 0.25) is 0 Å². The number of carbonyl (C=O) groups is 3. The molecule has 1 aliphatic carbocycles. The van der Waals surface area contributed by atoms with E-state index in [1.807, 2.05) is 6.07 Å². The number of fused-ring (bicyclic) bond motifs is 1. The number of hydrogen-bond acceptors (Lipinski definition) is 7. The van der Waals surface area contributed by atoms with E-state index in [0.29, 0.717) is 27.8 Å². The maximum atomic E-state index is 11.9. The molecule has 1 saturated carbocycles. The zero-order valence-electron chi connectivity index (χ0n) is 14.9. The van der Waals surface area contributed by atoms with Crippen molar-refractivity contribution in [2.75, 3.05) is 5.32 Å². The fourth-order valence-corrected chi connectivity index (χ4v) is 3.81. The molecule has 0 aromatic carbocycles. The lowest BCUT2D eigenvalue weighted by molar-refractivity contribution is -0.115. The lowest BCUT2D eigenvalue weighted by Crippen LogP contribution is -2.22. The standard InChI is InChI=1S/C18H15N7O3S/c19-15(26)13-4-3-12(29-13)10-6-14(21-9-1-2-9)25-16(22-10)8(7-20-25)5-11-17(27)24-18(28)23-11/h3-7,9,21H,1-2H2,(H2,19,26)(H2,23,24,27,28)/b11-5-. The number of nitrogens with zero attached hydrogens (tertiary/aromatic N) is 3. The smallest absolute Gasteiger partial charge is 0.326 e. The summed E-state index contributed by atoms with van der Waals surface area (Å²) in [5.41, 5.74) is 7.23. The molecule has 10 nitrogen and oxygen atoms in total. The second-order valence-corrected chi connectivity index (χ2v) is 7.86. The van der Waals surface area contributed by atoms with Crippen molar-refractivity contribution in [3.63, 3.8) is 0 Å². The molecule has 0 spiro atoms. The first-order chi connectivity index (χ1) is 14.0. The first-order valence-corrected chi connectivity index (χ1v) is 9.69. The predicted octanol–water partition coefficient (Wildman–Crippen LogP) is 1.31. The number of nitrogens with two attached hydrogens (primary N) is 1. The first kappa shape index (κ1) is 17.4. The van der Waals surface area contributed by atoms with Crippen LogP contribution in [0.4, 0.5) is 10.6 Å². The van der Waals surface area contributed by atoms with Crippen LogP contribution >= 0.6 is 11.3 Å². The zero-order valence-corrected chi connectivity index (χ0v) is 15.7. The number of amides is 4.